The second-order valence-electron chi connectivity index (χ2n) is 5.40. The van der Waals surface area contributed by atoms with Crippen LogP contribution in [0.3, 0.4) is 0 Å². The molecule has 0 aliphatic heterocycles. The summed E-state index contributed by atoms with van der Waals surface area (Å²) < 4.78 is 1.80. The second-order valence-corrected chi connectivity index (χ2v) is 5.84. The molecule has 3 aromatic rings. The van der Waals surface area contributed by atoms with Gasteiger partial charge in [-0.2, -0.15) is 5.10 Å². The molecule has 0 saturated carbocycles. The van der Waals surface area contributed by atoms with Crippen molar-refractivity contribution in [3.8, 4) is 5.82 Å². The number of hydrogen-bond donors (Lipinski definition) is 1. The maximum Gasteiger partial charge on any atom is 0.174 e. The molecular formula is C17H18ClN5. The Morgan fingerprint density at radius 2 is 1.91 bits per heavy atom. The van der Waals surface area contributed by atoms with E-state index in [0.29, 0.717) is 5.82 Å². The first-order valence-electron chi connectivity index (χ1n) is 7.46. The van der Waals surface area contributed by atoms with Crippen molar-refractivity contribution in [3.63, 3.8) is 0 Å². The van der Waals surface area contributed by atoms with Crippen molar-refractivity contribution in [2.24, 2.45) is 0 Å². The maximum absolute atomic E-state index is 5.89. The quantitative estimate of drug-likeness (QED) is 0.778. The molecule has 0 atom stereocenters. The highest BCUT2D eigenvalue weighted by molar-refractivity contribution is 6.30. The average Bonchev–Trinajstić information content (AvgIpc) is 2.88. The number of halogens is 1. The van der Waals surface area contributed by atoms with Gasteiger partial charge in [0.25, 0.3) is 0 Å². The van der Waals surface area contributed by atoms with Gasteiger partial charge >= 0.3 is 0 Å². The smallest absolute Gasteiger partial charge is 0.174 e. The van der Waals surface area contributed by atoms with Crippen molar-refractivity contribution in [2.45, 2.75) is 20.3 Å². The van der Waals surface area contributed by atoms with E-state index in [0.717, 1.165) is 35.2 Å². The van der Waals surface area contributed by atoms with Crippen LogP contribution in [0.5, 0.6) is 0 Å². The van der Waals surface area contributed by atoms with E-state index in [4.69, 9.17) is 11.6 Å². The van der Waals surface area contributed by atoms with E-state index in [1.807, 2.05) is 44.2 Å². The van der Waals surface area contributed by atoms with E-state index >= 15 is 0 Å². The number of benzene rings is 1. The Balaban J connectivity index is 1.66. The van der Waals surface area contributed by atoms with Crippen LogP contribution in [0.25, 0.3) is 5.82 Å². The first-order chi connectivity index (χ1) is 11.1. The zero-order valence-electron chi connectivity index (χ0n) is 13.1. The molecule has 3 rings (SSSR count). The lowest BCUT2D eigenvalue weighted by Crippen LogP contribution is -2.09. The molecule has 0 bridgehead atoms. The highest BCUT2D eigenvalue weighted by Crippen LogP contribution is 2.12. The van der Waals surface area contributed by atoms with E-state index < -0.39 is 0 Å². The Labute approximate surface area is 140 Å². The van der Waals surface area contributed by atoms with Crippen molar-refractivity contribution in [3.05, 3.63) is 64.7 Å². The van der Waals surface area contributed by atoms with Crippen molar-refractivity contribution >= 4 is 17.4 Å². The van der Waals surface area contributed by atoms with Gasteiger partial charge in [0.1, 0.15) is 5.82 Å². The number of hydrogen-bond acceptors (Lipinski definition) is 4. The highest BCUT2D eigenvalue weighted by atomic mass is 35.5. The molecule has 0 radical (unpaired) electrons. The minimum absolute atomic E-state index is 0.715. The summed E-state index contributed by atoms with van der Waals surface area (Å²) >= 11 is 5.89. The van der Waals surface area contributed by atoms with Crippen molar-refractivity contribution in [1.82, 2.24) is 19.7 Å². The van der Waals surface area contributed by atoms with Gasteiger partial charge in [0.2, 0.25) is 0 Å². The van der Waals surface area contributed by atoms with Gasteiger partial charge in [-0.15, -0.1) is 0 Å². The molecule has 1 aromatic carbocycles. The average molecular weight is 328 g/mol. The summed E-state index contributed by atoms with van der Waals surface area (Å²) in [5.41, 5.74) is 3.23. The van der Waals surface area contributed by atoms with Crippen LogP contribution in [-0.4, -0.2) is 26.3 Å². The molecule has 6 heteroatoms. The third kappa shape index (κ3) is 3.87. The van der Waals surface area contributed by atoms with Crippen LogP contribution in [0.4, 0.5) is 5.82 Å². The van der Waals surface area contributed by atoms with E-state index in [-0.39, 0.29) is 0 Å². The number of anilines is 1. The minimum Gasteiger partial charge on any atom is -0.368 e. The van der Waals surface area contributed by atoms with Crippen LogP contribution in [0.15, 0.2) is 42.7 Å². The number of rotatable bonds is 5. The second kappa shape index (κ2) is 6.79. The topological polar surface area (TPSA) is 55.6 Å². The zero-order valence-corrected chi connectivity index (χ0v) is 13.9. The Morgan fingerprint density at radius 3 is 2.61 bits per heavy atom. The summed E-state index contributed by atoms with van der Waals surface area (Å²) in [6.45, 7) is 4.74. The third-order valence-electron chi connectivity index (χ3n) is 3.48. The van der Waals surface area contributed by atoms with Crippen LogP contribution in [0, 0.1) is 13.8 Å². The molecule has 1 N–H and O–H groups in total. The summed E-state index contributed by atoms with van der Waals surface area (Å²) in [6, 6.07) is 9.88. The van der Waals surface area contributed by atoms with Gasteiger partial charge in [-0.05, 0) is 44.0 Å². The van der Waals surface area contributed by atoms with Crippen LogP contribution >= 0.6 is 11.6 Å². The summed E-state index contributed by atoms with van der Waals surface area (Å²) in [4.78, 5) is 8.81. The first kappa shape index (κ1) is 15.5. The minimum atomic E-state index is 0.715. The van der Waals surface area contributed by atoms with Gasteiger partial charge in [0, 0.05) is 17.3 Å². The predicted molar refractivity (Wildman–Crippen MR) is 92.3 cm³/mol. The van der Waals surface area contributed by atoms with Gasteiger partial charge < -0.3 is 5.32 Å². The van der Waals surface area contributed by atoms with E-state index in [1.54, 1.807) is 17.1 Å². The molecule has 0 amide bonds. The van der Waals surface area contributed by atoms with Gasteiger partial charge in [0.15, 0.2) is 5.82 Å². The molecule has 118 valence electrons. The van der Waals surface area contributed by atoms with Gasteiger partial charge in [0.05, 0.1) is 18.1 Å². The van der Waals surface area contributed by atoms with Crippen LogP contribution in [-0.2, 0) is 6.42 Å². The molecule has 0 aliphatic rings. The van der Waals surface area contributed by atoms with Crippen molar-refractivity contribution in [1.29, 1.82) is 0 Å². The normalized spacial score (nSPS) is 10.7. The number of nitrogens with zero attached hydrogens (tertiary/aromatic N) is 4. The highest BCUT2D eigenvalue weighted by Gasteiger charge is 2.06. The van der Waals surface area contributed by atoms with Crippen LogP contribution in [0.2, 0.25) is 5.02 Å². The van der Waals surface area contributed by atoms with E-state index in [9.17, 15) is 0 Å². The monoisotopic (exact) mass is 327 g/mol. The van der Waals surface area contributed by atoms with Gasteiger partial charge in [-0.3, -0.25) is 4.98 Å². The lowest BCUT2D eigenvalue weighted by molar-refractivity contribution is 0.799. The fourth-order valence-corrected chi connectivity index (χ4v) is 2.52. The molecule has 0 spiro atoms. The molecule has 0 aliphatic carbocycles. The molecular weight excluding hydrogens is 310 g/mol. The fraction of sp³-hybridized carbons (Fsp3) is 0.235. The Morgan fingerprint density at radius 1 is 1.13 bits per heavy atom. The summed E-state index contributed by atoms with van der Waals surface area (Å²) in [7, 11) is 0. The maximum atomic E-state index is 5.89. The van der Waals surface area contributed by atoms with Crippen LogP contribution in [0.1, 0.15) is 17.0 Å². The third-order valence-corrected chi connectivity index (χ3v) is 3.73. The molecule has 0 saturated heterocycles. The Kier molecular flexibility index (Phi) is 4.57. The van der Waals surface area contributed by atoms with Gasteiger partial charge in [-0.1, -0.05) is 23.7 Å². The standard InChI is InChI=1S/C17H18ClN5/c1-12-9-13(2)23(22-12)17-11-19-10-16(21-17)20-8-7-14-3-5-15(18)6-4-14/h3-6,9-11H,7-8H2,1-2H3,(H,20,21). The molecule has 0 fully saturated rings. The van der Waals surface area contributed by atoms with Gasteiger partial charge in [-0.25, -0.2) is 9.67 Å². The largest absolute Gasteiger partial charge is 0.368 e. The van der Waals surface area contributed by atoms with Crippen molar-refractivity contribution in [2.75, 3.05) is 11.9 Å². The fourth-order valence-electron chi connectivity index (χ4n) is 2.39. The summed E-state index contributed by atoms with van der Waals surface area (Å²) in [6.07, 6.45) is 4.32. The zero-order chi connectivity index (χ0) is 16.2. The van der Waals surface area contributed by atoms with Crippen LogP contribution < -0.4 is 5.32 Å². The van der Waals surface area contributed by atoms with E-state index in [1.165, 1.54) is 5.56 Å². The lowest BCUT2D eigenvalue weighted by atomic mass is 10.1. The predicted octanol–water partition coefficient (Wildman–Crippen LogP) is 3.59. The number of nitrogens with one attached hydrogen (secondary N) is 1. The molecule has 23 heavy (non-hydrogen) atoms. The first-order valence-corrected chi connectivity index (χ1v) is 7.83. The number of aryl methyl sites for hydroxylation is 2. The summed E-state index contributed by atoms with van der Waals surface area (Å²) in [5.74, 6) is 1.45. The Hall–Kier alpha value is -2.40. The van der Waals surface area contributed by atoms with Crippen molar-refractivity contribution < 1.29 is 0 Å². The molecule has 5 nitrogen and oxygen atoms in total. The number of aromatic nitrogens is 4. The Bertz CT molecular complexity index is 795. The SMILES string of the molecule is Cc1cc(C)n(-c2cncc(NCCc3ccc(Cl)cc3)n2)n1. The lowest BCUT2D eigenvalue weighted by Gasteiger charge is -2.08. The summed E-state index contributed by atoms with van der Waals surface area (Å²) in [5, 5.41) is 8.48. The molecule has 2 heterocycles. The molecule has 2 aromatic heterocycles. The van der Waals surface area contributed by atoms with E-state index in [2.05, 4.69) is 20.4 Å². The molecule has 0 unspecified atom stereocenters.